The van der Waals surface area contributed by atoms with Crippen LogP contribution in [0, 0.1) is 0 Å². The number of carbonyl (C=O) groups excluding carboxylic acids is 1. The van der Waals surface area contributed by atoms with Crippen molar-refractivity contribution in [3.8, 4) is 0 Å². The number of carbonyl (C=O) groups is 1. The molecule has 3 N–H and O–H groups in total. The fraction of sp³-hybridized carbons (Fsp3) is 0.250. The van der Waals surface area contributed by atoms with Crippen molar-refractivity contribution >= 4 is 12.0 Å². The Labute approximate surface area is 143 Å². The van der Waals surface area contributed by atoms with E-state index in [1.807, 2.05) is 24.3 Å². The monoisotopic (exact) mass is 324 g/mol. The molecule has 0 aromatic heterocycles. The summed E-state index contributed by atoms with van der Waals surface area (Å²) in [7, 11) is 0. The first-order valence-corrected chi connectivity index (χ1v) is 8.22. The maximum atomic E-state index is 10.9. The Morgan fingerprint density at radius 3 is 2.83 bits per heavy atom. The lowest BCUT2D eigenvalue weighted by Gasteiger charge is -2.06. The van der Waals surface area contributed by atoms with Gasteiger partial charge in [-0.1, -0.05) is 54.6 Å². The van der Waals surface area contributed by atoms with Crippen LogP contribution in [-0.4, -0.2) is 17.7 Å². The molecule has 1 aromatic rings. The third kappa shape index (κ3) is 6.77. The molecular weight excluding hydrogens is 300 g/mol. The second-order valence-electron chi connectivity index (χ2n) is 5.64. The molecule has 0 aliphatic heterocycles. The van der Waals surface area contributed by atoms with Crippen molar-refractivity contribution in [1.82, 2.24) is 10.8 Å². The van der Waals surface area contributed by atoms with E-state index in [0.29, 0.717) is 0 Å². The lowest BCUT2D eigenvalue weighted by Crippen LogP contribution is -2.15. The fourth-order valence-electron chi connectivity index (χ4n) is 2.40. The van der Waals surface area contributed by atoms with E-state index in [1.165, 1.54) is 17.2 Å². The average molecular weight is 324 g/mol. The van der Waals surface area contributed by atoms with E-state index in [4.69, 9.17) is 5.21 Å². The van der Waals surface area contributed by atoms with Gasteiger partial charge in [0.2, 0.25) is 0 Å². The van der Waals surface area contributed by atoms with Gasteiger partial charge >= 0.3 is 0 Å². The van der Waals surface area contributed by atoms with Crippen LogP contribution in [0.1, 0.15) is 30.4 Å². The summed E-state index contributed by atoms with van der Waals surface area (Å²) in [5.74, 6) is -0.533. The van der Waals surface area contributed by atoms with Gasteiger partial charge in [-0.3, -0.25) is 10.0 Å². The van der Waals surface area contributed by atoms with Gasteiger partial charge in [0, 0.05) is 12.6 Å². The molecule has 1 amide bonds. The molecule has 0 atom stereocenters. The zero-order chi connectivity index (χ0) is 17.0. The number of benzene rings is 1. The molecule has 0 unspecified atom stereocenters. The number of nitrogens with one attached hydrogen (secondary N) is 2. The Morgan fingerprint density at radius 2 is 2.04 bits per heavy atom. The van der Waals surface area contributed by atoms with Crippen LogP contribution in [0.2, 0.25) is 0 Å². The highest BCUT2D eigenvalue weighted by Gasteiger charge is 1.97. The lowest BCUT2D eigenvalue weighted by atomic mass is 10.1. The van der Waals surface area contributed by atoms with Crippen LogP contribution in [-0.2, 0) is 11.3 Å². The van der Waals surface area contributed by atoms with Gasteiger partial charge in [0.25, 0.3) is 5.91 Å². The molecule has 126 valence electrons. The lowest BCUT2D eigenvalue weighted by molar-refractivity contribution is -0.124. The highest BCUT2D eigenvalue weighted by Crippen LogP contribution is 2.11. The van der Waals surface area contributed by atoms with E-state index < -0.39 is 5.91 Å². The molecule has 24 heavy (non-hydrogen) atoms. The van der Waals surface area contributed by atoms with E-state index in [2.05, 4.69) is 35.7 Å². The van der Waals surface area contributed by atoms with Gasteiger partial charge in [0.1, 0.15) is 0 Å². The van der Waals surface area contributed by atoms with Crippen molar-refractivity contribution < 1.29 is 10.0 Å². The number of hydroxylamine groups is 1. The van der Waals surface area contributed by atoms with Crippen LogP contribution in [0.15, 0.2) is 66.3 Å². The molecule has 0 saturated heterocycles. The van der Waals surface area contributed by atoms with Crippen molar-refractivity contribution in [2.75, 3.05) is 6.54 Å². The summed E-state index contributed by atoms with van der Waals surface area (Å²) in [4.78, 5) is 10.9. The Kier molecular flexibility index (Phi) is 7.74. The van der Waals surface area contributed by atoms with Gasteiger partial charge < -0.3 is 5.32 Å². The Morgan fingerprint density at radius 1 is 1.21 bits per heavy atom. The summed E-state index contributed by atoms with van der Waals surface area (Å²) in [5, 5.41) is 11.9. The molecule has 0 spiro atoms. The van der Waals surface area contributed by atoms with Crippen molar-refractivity contribution in [3.05, 3.63) is 77.4 Å². The summed E-state index contributed by atoms with van der Waals surface area (Å²) in [6, 6.07) is 7.97. The first-order valence-electron chi connectivity index (χ1n) is 8.22. The second kappa shape index (κ2) is 10.4. The zero-order valence-corrected chi connectivity index (χ0v) is 13.7. The van der Waals surface area contributed by atoms with Crippen LogP contribution < -0.4 is 10.8 Å². The molecule has 0 bridgehead atoms. The molecule has 0 heterocycles. The highest BCUT2D eigenvalue weighted by atomic mass is 16.5. The SMILES string of the molecule is O=C(/C=C/c1ccc(CNCCCC2=CC=CCC=C2)cc1)NO. The number of allylic oxidation sites excluding steroid dienone is 6. The minimum Gasteiger partial charge on any atom is -0.313 e. The quantitative estimate of drug-likeness (QED) is 0.297. The van der Waals surface area contributed by atoms with Gasteiger partial charge in [-0.25, -0.2) is 5.48 Å². The van der Waals surface area contributed by atoms with Crippen LogP contribution in [0.4, 0.5) is 0 Å². The van der Waals surface area contributed by atoms with Gasteiger partial charge in [0.05, 0.1) is 0 Å². The zero-order valence-electron chi connectivity index (χ0n) is 13.7. The van der Waals surface area contributed by atoms with Crippen molar-refractivity contribution in [2.24, 2.45) is 0 Å². The summed E-state index contributed by atoms with van der Waals surface area (Å²) >= 11 is 0. The molecule has 4 nitrogen and oxygen atoms in total. The Hall–Kier alpha value is -2.43. The molecule has 2 rings (SSSR count). The average Bonchev–Trinajstić information content (AvgIpc) is 2.89. The van der Waals surface area contributed by atoms with Crippen LogP contribution in [0.3, 0.4) is 0 Å². The van der Waals surface area contributed by atoms with E-state index in [0.717, 1.165) is 37.9 Å². The number of hydrogen-bond acceptors (Lipinski definition) is 3. The number of amides is 1. The first-order chi connectivity index (χ1) is 11.8. The maximum Gasteiger partial charge on any atom is 0.267 e. The van der Waals surface area contributed by atoms with E-state index in [1.54, 1.807) is 11.6 Å². The highest BCUT2D eigenvalue weighted by molar-refractivity contribution is 5.90. The smallest absolute Gasteiger partial charge is 0.267 e. The van der Waals surface area contributed by atoms with E-state index >= 15 is 0 Å². The van der Waals surface area contributed by atoms with Crippen molar-refractivity contribution in [1.29, 1.82) is 0 Å². The third-order valence-corrected chi connectivity index (χ3v) is 3.72. The normalized spacial score (nSPS) is 13.8. The molecule has 0 fully saturated rings. The largest absolute Gasteiger partial charge is 0.313 e. The Bertz CT molecular complexity index is 640. The third-order valence-electron chi connectivity index (χ3n) is 3.72. The number of hydrogen-bond donors (Lipinski definition) is 3. The van der Waals surface area contributed by atoms with Crippen molar-refractivity contribution in [3.63, 3.8) is 0 Å². The summed E-state index contributed by atoms with van der Waals surface area (Å²) in [5.41, 5.74) is 5.07. The standard InChI is InChI=1S/C20H24N2O2/c23-20(22-24)14-13-18-9-11-19(12-10-18)16-21-15-5-8-17-6-3-1-2-4-7-17/h1,3-4,6-7,9-14,21,24H,2,5,8,15-16H2,(H,22,23)/b14-13+. The minimum atomic E-state index is -0.533. The topological polar surface area (TPSA) is 61.4 Å². The summed E-state index contributed by atoms with van der Waals surface area (Å²) < 4.78 is 0. The Balaban J connectivity index is 1.67. The first kappa shape index (κ1) is 17.9. The molecule has 0 radical (unpaired) electrons. The van der Waals surface area contributed by atoms with Crippen LogP contribution in [0.25, 0.3) is 6.08 Å². The molecule has 1 aliphatic rings. The minimum absolute atomic E-state index is 0.533. The van der Waals surface area contributed by atoms with Gasteiger partial charge in [-0.2, -0.15) is 0 Å². The summed E-state index contributed by atoms with van der Waals surface area (Å²) in [6.45, 7) is 1.81. The molecule has 4 heteroatoms. The van der Waals surface area contributed by atoms with E-state index in [9.17, 15) is 4.79 Å². The van der Waals surface area contributed by atoms with Crippen LogP contribution in [0.5, 0.6) is 0 Å². The second-order valence-corrected chi connectivity index (χ2v) is 5.64. The fourth-order valence-corrected chi connectivity index (χ4v) is 2.40. The van der Waals surface area contributed by atoms with Crippen LogP contribution >= 0.6 is 0 Å². The van der Waals surface area contributed by atoms with Gasteiger partial charge in [-0.05, 0) is 48.6 Å². The molecule has 1 aromatic carbocycles. The van der Waals surface area contributed by atoms with E-state index in [-0.39, 0.29) is 0 Å². The van der Waals surface area contributed by atoms with Gasteiger partial charge in [-0.15, -0.1) is 0 Å². The van der Waals surface area contributed by atoms with Crippen molar-refractivity contribution in [2.45, 2.75) is 25.8 Å². The molecule has 1 aliphatic carbocycles. The number of rotatable bonds is 8. The summed E-state index contributed by atoms with van der Waals surface area (Å²) in [6.07, 6.45) is 17.1. The predicted octanol–water partition coefficient (Wildman–Crippen LogP) is 3.52. The molecule has 0 saturated carbocycles. The molecular formula is C20H24N2O2. The maximum absolute atomic E-state index is 10.9. The predicted molar refractivity (Wildman–Crippen MR) is 97.3 cm³/mol. The van der Waals surface area contributed by atoms with Gasteiger partial charge in [0.15, 0.2) is 0 Å².